The van der Waals surface area contributed by atoms with E-state index in [4.69, 9.17) is 4.74 Å². The Hall–Kier alpha value is -2.05. The quantitative estimate of drug-likeness (QED) is 0.786. The van der Waals surface area contributed by atoms with Crippen LogP contribution >= 0.6 is 0 Å². The molecule has 0 radical (unpaired) electrons. The van der Waals surface area contributed by atoms with Gasteiger partial charge < -0.3 is 9.64 Å². The van der Waals surface area contributed by atoms with Gasteiger partial charge in [0.25, 0.3) is 5.91 Å². The van der Waals surface area contributed by atoms with E-state index in [2.05, 4.69) is 0 Å². The van der Waals surface area contributed by atoms with Crippen LogP contribution in [0.15, 0.2) is 24.3 Å². The summed E-state index contributed by atoms with van der Waals surface area (Å²) in [6, 6.07) is 3.63. The summed E-state index contributed by atoms with van der Waals surface area (Å²) in [5, 5.41) is 0. The van der Waals surface area contributed by atoms with Crippen molar-refractivity contribution in [2.45, 2.75) is 20.0 Å². The van der Waals surface area contributed by atoms with Gasteiger partial charge in [0.15, 0.2) is 6.61 Å². The van der Waals surface area contributed by atoms with E-state index in [9.17, 15) is 22.8 Å². The van der Waals surface area contributed by atoms with Crippen molar-refractivity contribution in [3.8, 4) is 0 Å². The first-order chi connectivity index (χ1) is 9.79. The summed E-state index contributed by atoms with van der Waals surface area (Å²) in [4.78, 5) is 24.7. The van der Waals surface area contributed by atoms with Crippen molar-refractivity contribution in [3.63, 3.8) is 0 Å². The van der Waals surface area contributed by atoms with Gasteiger partial charge in [-0.15, -0.1) is 0 Å². The number of hydrogen-bond acceptors (Lipinski definition) is 3. The summed E-state index contributed by atoms with van der Waals surface area (Å²) in [6.07, 6.45) is -4.46. The predicted molar refractivity (Wildman–Crippen MR) is 69.7 cm³/mol. The van der Waals surface area contributed by atoms with Crippen molar-refractivity contribution in [3.05, 3.63) is 35.4 Å². The summed E-state index contributed by atoms with van der Waals surface area (Å²) in [5.41, 5.74) is -0.881. The summed E-state index contributed by atoms with van der Waals surface area (Å²) in [5.74, 6) is -1.18. The fourth-order valence-electron chi connectivity index (χ4n) is 1.67. The maximum absolute atomic E-state index is 12.4. The average molecular weight is 303 g/mol. The standard InChI is InChI=1S/C14H16F3NO3/c1-3-18(4-2)12(19)9-21-13(20)10-5-7-11(8-6-10)14(15,16)17/h5-8H,3-4,9H2,1-2H3. The molecular weight excluding hydrogens is 287 g/mol. The topological polar surface area (TPSA) is 46.6 Å². The number of alkyl halides is 3. The fourth-order valence-corrected chi connectivity index (χ4v) is 1.67. The van der Waals surface area contributed by atoms with Gasteiger partial charge in [-0.1, -0.05) is 0 Å². The van der Waals surface area contributed by atoms with Crippen LogP contribution in [0.5, 0.6) is 0 Å². The SMILES string of the molecule is CCN(CC)C(=O)COC(=O)c1ccc(C(F)(F)F)cc1. The van der Waals surface area contributed by atoms with Gasteiger partial charge in [0.2, 0.25) is 0 Å². The summed E-state index contributed by atoms with van der Waals surface area (Å²) in [6.45, 7) is 4.14. The van der Waals surface area contributed by atoms with Gasteiger partial charge in [-0.3, -0.25) is 4.79 Å². The Morgan fingerprint density at radius 2 is 1.62 bits per heavy atom. The molecule has 4 nitrogen and oxygen atoms in total. The number of benzene rings is 1. The van der Waals surface area contributed by atoms with E-state index in [1.807, 2.05) is 0 Å². The Balaban J connectivity index is 2.62. The molecule has 0 aromatic heterocycles. The zero-order valence-corrected chi connectivity index (χ0v) is 11.7. The van der Waals surface area contributed by atoms with Crippen LogP contribution < -0.4 is 0 Å². The minimum Gasteiger partial charge on any atom is -0.452 e. The highest BCUT2D eigenvalue weighted by Gasteiger charge is 2.30. The van der Waals surface area contributed by atoms with Gasteiger partial charge in [0.1, 0.15) is 0 Å². The molecule has 7 heteroatoms. The molecule has 0 heterocycles. The molecule has 0 N–H and O–H groups in total. The summed E-state index contributed by atoms with van der Waals surface area (Å²) in [7, 11) is 0. The van der Waals surface area contributed by atoms with E-state index in [1.54, 1.807) is 13.8 Å². The van der Waals surface area contributed by atoms with E-state index in [0.717, 1.165) is 24.3 Å². The molecule has 0 saturated heterocycles. The molecule has 0 fully saturated rings. The lowest BCUT2D eigenvalue weighted by Gasteiger charge is -2.18. The van der Waals surface area contributed by atoms with Crippen molar-refractivity contribution in [1.82, 2.24) is 4.90 Å². The number of ether oxygens (including phenoxy) is 1. The van der Waals surface area contributed by atoms with Gasteiger partial charge in [0.05, 0.1) is 11.1 Å². The number of carbonyl (C=O) groups excluding carboxylic acids is 2. The van der Waals surface area contributed by atoms with E-state index in [0.29, 0.717) is 13.1 Å². The lowest BCUT2D eigenvalue weighted by molar-refractivity contribution is -0.137. The van der Waals surface area contributed by atoms with Gasteiger partial charge >= 0.3 is 12.1 Å². The number of rotatable bonds is 5. The van der Waals surface area contributed by atoms with Crippen LogP contribution in [-0.4, -0.2) is 36.5 Å². The van der Waals surface area contributed by atoms with Crippen LogP contribution in [0.3, 0.4) is 0 Å². The lowest BCUT2D eigenvalue weighted by atomic mass is 10.1. The Kier molecular flexibility index (Phi) is 5.75. The summed E-state index contributed by atoms with van der Waals surface area (Å²) >= 11 is 0. The van der Waals surface area contributed by atoms with Crippen molar-refractivity contribution < 1.29 is 27.5 Å². The monoisotopic (exact) mass is 303 g/mol. The maximum atomic E-state index is 12.4. The predicted octanol–water partition coefficient (Wildman–Crippen LogP) is 2.73. The van der Waals surface area contributed by atoms with E-state index in [-0.39, 0.29) is 11.5 Å². The molecule has 0 spiro atoms. The highest BCUT2D eigenvalue weighted by molar-refractivity contribution is 5.91. The van der Waals surface area contributed by atoms with Crippen molar-refractivity contribution in [1.29, 1.82) is 0 Å². The first-order valence-electron chi connectivity index (χ1n) is 6.41. The largest absolute Gasteiger partial charge is 0.452 e. The minimum absolute atomic E-state index is 0.0321. The third-order valence-electron chi connectivity index (χ3n) is 2.89. The average Bonchev–Trinajstić information content (AvgIpc) is 2.45. The van der Waals surface area contributed by atoms with Crippen molar-refractivity contribution >= 4 is 11.9 Å². The van der Waals surface area contributed by atoms with Gasteiger partial charge in [-0.05, 0) is 38.1 Å². The second kappa shape index (κ2) is 7.10. The smallest absolute Gasteiger partial charge is 0.416 e. The van der Waals surface area contributed by atoms with Gasteiger partial charge in [-0.25, -0.2) is 4.79 Å². The zero-order valence-electron chi connectivity index (χ0n) is 11.7. The van der Waals surface area contributed by atoms with Crippen molar-refractivity contribution in [2.75, 3.05) is 19.7 Å². The number of hydrogen-bond donors (Lipinski definition) is 0. The number of amides is 1. The molecule has 0 atom stereocenters. The molecule has 0 bridgehead atoms. The zero-order chi connectivity index (χ0) is 16.0. The van der Waals surface area contributed by atoms with Crippen LogP contribution in [0, 0.1) is 0 Å². The number of likely N-dealkylation sites (N-methyl/N-ethyl adjacent to an activating group) is 1. The lowest BCUT2D eigenvalue weighted by Crippen LogP contribution is -2.34. The number of nitrogens with zero attached hydrogens (tertiary/aromatic N) is 1. The van der Waals surface area contributed by atoms with Crippen LogP contribution in [0.1, 0.15) is 29.8 Å². The molecule has 21 heavy (non-hydrogen) atoms. The molecule has 0 aliphatic heterocycles. The third kappa shape index (κ3) is 4.77. The third-order valence-corrected chi connectivity index (χ3v) is 2.89. The van der Waals surface area contributed by atoms with Crippen LogP contribution in [0.2, 0.25) is 0 Å². The molecule has 0 aliphatic carbocycles. The molecule has 1 rings (SSSR count). The molecule has 0 aliphatic rings. The Morgan fingerprint density at radius 3 is 2.05 bits per heavy atom. The van der Waals surface area contributed by atoms with Gasteiger partial charge in [-0.2, -0.15) is 13.2 Å². The number of carbonyl (C=O) groups is 2. The first kappa shape index (κ1) is 17.0. The van der Waals surface area contributed by atoms with Crippen molar-refractivity contribution in [2.24, 2.45) is 0 Å². The molecule has 116 valence electrons. The van der Waals surface area contributed by atoms with Crippen LogP contribution in [0.25, 0.3) is 0 Å². The molecule has 1 aromatic rings. The molecule has 0 unspecified atom stereocenters. The molecular formula is C14H16F3NO3. The highest BCUT2D eigenvalue weighted by Crippen LogP contribution is 2.29. The number of esters is 1. The second-order valence-electron chi connectivity index (χ2n) is 4.22. The van der Waals surface area contributed by atoms with E-state index in [1.165, 1.54) is 4.90 Å². The van der Waals surface area contributed by atoms with E-state index < -0.39 is 24.3 Å². The highest BCUT2D eigenvalue weighted by atomic mass is 19.4. The summed E-state index contributed by atoms with van der Waals surface area (Å²) < 4.78 is 41.9. The minimum atomic E-state index is -4.46. The Labute approximate surface area is 120 Å². The number of halogens is 3. The van der Waals surface area contributed by atoms with Crippen LogP contribution in [0.4, 0.5) is 13.2 Å². The van der Waals surface area contributed by atoms with Gasteiger partial charge in [0, 0.05) is 13.1 Å². The molecule has 0 saturated carbocycles. The van der Waals surface area contributed by atoms with Crippen LogP contribution in [-0.2, 0) is 15.7 Å². The Bertz CT molecular complexity index is 493. The molecule has 1 amide bonds. The second-order valence-corrected chi connectivity index (χ2v) is 4.22. The molecule has 1 aromatic carbocycles. The normalized spacial score (nSPS) is 11.1. The first-order valence-corrected chi connectivity index (χ1v) is 6.41. The fraction of sp³-hybridized carbons (Fsp3) is 0.429. The van der Waals surface area contributed by atoms with E-state index >= 15 is 0 Å². The maximum Gasteiger partial charge on any atom is 0.416 e. The Morgan fingerprint density at radius 1 is 1.10 bits per heavy atom.